The van der Waals surface area contributed by atoms with Gasteiger partial charge in [0.1, 0.15) is 0 Å². The Labute approximate surface area is 111 Å². The van der Waals surface area contributed by atoms with E-state index in [0.29, 0.717) is 12.0 Å². The van der Waals surface area contributed by atoms with Crippen molar-refractivity contribution in [2.24, 2.45) is 17.7 Å². The van der Waals surface area contributed by atoms with Crippen LogP contribution in [0.4, 0.5) is 0 Å². The van der Waals surface area contributed by atoms with E-state index in [1.807, 2.05) is 0 Å². The molecule has 100 valence electrons. The molecule has 0 aliphatic heterocycles. The second kappa shape index (κ2) is 5.85. The van der Waals surface area contributed by atoms with Crippen molar-refractivity contribution in [3.05, 3.63) is 34.9 Å². The van der Waals surface area contributed by atoms with Crippen LogP contribution in [0.1, 0.15) is 55.3 Å². The molecule has 2 heteroatoms. The van der Waals surface area contributed by atoms with Crippen LogP contribution in [0.3, 0.4) is 0 Å². The minimum Gasteiger partial charge on any atom is -0.271 e. The summed E-state index contributed by atoms with van der Waals surface area (Å²) < 4.78 is 0. The zero-order chi connectivity index (χ0) is 13.1. The molecule has 3 N–H and O–H groups in total. The number of hydrogen-bond acceptors (Lipinski definition) is 2. The highest BCUT2D eigenvalue weighted by atomic mass is 15.2. The second-order valence-corrected chi connectivity index (χ2v) is 5.98. The normalized spacial score (nSPS) is 26.0. The third kappa shape index (κ3) is 2.76. The Morgan fingerprint density at radius 2 is 1.89 bits per heavy atom. The summed E-state index contributed by atoms with van der Waals surface area (Å²) in [5.74, 6) is 7.39. The van der Waals surface area contributed by atoms with Gasteiger partial charge in [0.25, 0.3) is 0 Å². The fourth-order valence-electron chi connectivity index (χ4n) is 3.56. The first-order valence-corrected chi connectivity index (χ1v) is 7.15. The fourth-order valence-corrected chi connectivity index (χ4v) is 3.56. The number of nitrogens with one attached hydrogen (secondary N) is 1. The van der Waals surface area contributed by atoms with Gasteiger partial charge in [-0.15, -0.1) is 0 Å². The maximum absolute atomic E-state index is 5.87. The van der Waals surface area contributed by atoms with E-state index < -0.39 is 0 Å². The van der Waals surface area contributed by atoms with Crippen LogP contribution in [0.2, 0.25) is 0 Å². The first kappa shape index (κ1) is 13.6. The fraction of sp³-hybridized carbons (Fsp3) is 0.625. The van der Waals surface area contributed by atoms with Gasteiger partial charge in [-0.1, -0.05) is 38.0 Å². The van der Waals surface area contributed by atoms with E-state index in [2.05, 4.69) is 44.4 Å². The molecule has 1 fully saturated rings. The maximum Gasteiger partial charge on any atom is 0.0493 e. The summed E-state index contributed by atoms with van der Waals surface area (Å²) in [4.78, 5) is 0. The van der Waals surface area contributed by atoms with Crippen LogP contribution in [0.25, 0.3) is 0 Å². The molecule has 0 radical (unpaired) electrons. The lowest BCUT2D eigenvalue weighted by molar-refractivity contribution is 0.223. The summed E-state index contributed by atoms with van der Waals surface area (Å²) in [5, 5.41) is 0. The van der Waals surface area contributed by atoms with Crippen LogP contribution in [0.5, 0.6) is 0 Å². The van der Waals surface area contributed by atoms with Crippen molar-refractivity contribution in [1.82, 2.24) is 5.43 Å². The van der Waals surface area contributed by atoms with Gasteiger partial charge in [0.15, 0.2) is 0 Å². The molecule has 1 aliphatic carbocycles. The van der Waals surface area contributed by atoms with Crippen LogP contribution in [0.15, 0.2) is 18.2 Å². The van der Waals surface area contributed by atoms with Gasteiger partial charge in [0, 0.05) is 6.04 Å². The van der Waals surface area contributed by atoms with Crippen LogP contribution < -0.4 is 11.3 Å². The summed E-state index contributed by atoms with van der Waals surface area (Å²) in [6.07, 6.45) is 5.31. The predicted molar refractivity (Wildman–Crippen MR) is 77.1 cm³/mol. The first-order chi connectivity index (χ1) is 8.63. The van der Waals surface area contributed by atoms with Crippen molar-refractivity contribution in [3.63, 3.8) is 0 Å². The number of hydrogen-bond donors (Lipinski definition) is 2. The monoisotopic (exact) mass is 246 g/mol. The van der Waals surface area contributed by atoms with Gasteiger partial charge < -0.3 is 0 Å². The van der Waals surface area contributed by atoms with Crippen LogP contribution >= 0.6 is 0 Å². The first-order valence-electron chi connectivity index (χ1n) is 7.15. The van der Waals surface area contributed by atoms with E-state index in [9.17, 15) is 0 Å². The predicted octanol–water partition coefficient (Wildman–Crippen LogP) is 3.63. The summed E-state index contributed by atoms with van der Waals surface area (Å²) in [7, 11) is 0. The molecule has 2 rings (SSSR count). The van der Waals surface area contributed by atoms with Gasteiger partial charge in [-0.25, -0.2) is 0 Å². The summed E-state index contributed by atoms with van der Waals surface area (Å²) in [5.41, 5.74) is 7.22. The van der Waals surface area contributed by atoms with E-state index in [0.717, 1.165) is 5.92 Å². The largest absolute Gasteiger partial charge is 0.271 e. The third-order valence-electron chi connectivity index (χ3n) is 4.48. The number of rotatable bonds is 3. The molecule has 0 heterocycles. The lowest BCUT2D eigenvalue weighted by atomic mass is 9.75. The molecule has 0 aromatic heterocycles. The van der Waals surface area contributed by atoms with Crippen molar-refractivity contribution >= 4 is 0 Å². The molecule has 3 atom stereocenters. The molecule has 2 nitrogen and oxygen atoms in total. The zero-order valence-corrected chi connectivity index (χ0v) is 11.9. The topological polar surface area (TPSA) is 38.0 Å². The van der Waals surface area contributed by atoms with E-state index in [4.69, 9.17) is 5.84 Å². The van der Waals surface area contributed by atoms with E-state index >= 15 is 0 Å². The molecule has 18 heavy (non-hydrogen) atoms. The van der Waals surface area contributed by atoms with E-state index in [1.54, 1.807) is 0 Å². The minimum atomic E-state index is 0.314. The Balaban J connectivity index is 2.27. The van der Waals surface area contributed by atoms with Gasteiger partial charge in [0.05, 0.1) is 0 Å². The highest BCUT2D eigenvalue weighted by Crippen LogP contribution is 2.38. The summed E-state index contributed by atoms with van der Waals surface area (Å²) in [6.45, 7) is 6.75. The molecule has 0 amide bonds. The molecule has 3 unspecified atom stereocenters. The molecule has 1 saturated carbocycles. The lowest BCUT2D eigenvalue weighted by Gasteiger charge is -2.34. The molecule has 0 spiro atoms. The Hall–Kier alpha value is -0.860. The minimum absolute atomic E-state index is 0.314. The second-order valence-electron chi connectivity index (χ2n) is 5.98. The van der Waals surface area contributed by atoms with Crippen LogP contribution in [0, 0.1) is 25.7 Å². The van der Waals surface area contributed by atoms with Gasteiger partial charge in [0.2, 0.25) is 0 Å². The molecule has 1 aliphatic rings. The standard InChI is InChI=1S/C16H26N2/c1-11-6-4-9-14(10-11)16(18-17)15-12(2)7-5-8-13(15)3/h5,7-8,11,14,16,18H,4,6,9-10,17H2,1-3H3. The van der Waals surface area contributed by atoms with E-state index in [-0.39, 0.29) is 0 Å². The number of nitrogens with two attached hydrogens (primary N) is 1. The highest BCUT2D eigenvalue weighted by molar-refractivity contribution is 5.36. The van der Waals surface area contributed by atoms with Gasteiger partial charge in [-0.3, -0.25) is 11.3 Å². The Morgan fingerprint density at radius 1 is 1.22 bits per heavy atom. The number of aryl methyl sites for hydroxylation is 2. The van der Waals surface area contributed by atoms with E-state index in [1.165, 1.54) is 42.4 Å². The summed E-state index contributed by atoms with van der Waals surface area (Å²) in [6, 6.07) is 6.83. The molecule has 0 bridgehead atoms. The van der Waals surface area contributed by atoms with Crippen molar-refractivity contribution in [1.29, 1.82) is 0 Å². The molecule has 1 aromatic carbocycles. The van der Waals surface area contributed by atoms with Crippen molar-refractivity contribution in [2.75, 3.05) is 0 Å². The number of hydrazine groups is 1. The lowest BCUT2D eigenvalue weighted by Crippen LogP contribution is -2.36. The molecular weight excluding hydrogens is 220 g/mol. The van der Waals surface area contributed by atoms with Crippen molar-refractivity contribution in [3.8, 4) is 0 Å². The van der Waals surface area contributed by atoms with Crippen molar-refractivity contribution < 1.29 is 0 Å². The molecular formula is C16H26N2. The van der Waals surface area contributed by atoms with Gasteiger partial charge in [-0.2, -0.15) is 0 Å². The number of benzene rings is 1. The van der Waals surface area contributed by atoms with Crippen molar-refractivity contribution in [2.45, 2.75) is 52.5 Å². The van der Waals surface area contributed by atoms with Gasteiger partial charge >= 0.3 is 0 Å². The Kier molecular flexibility index (Phi) is 4.41. The quantitative estimate of drug-likeness (QED) is 0.631. The maximum atomic E-state index is 5.87. The average Bonchev–Trinajstić information content (AvgIpc) is 2.34. The SMILES string of the molecule is Cc1cccc(C)c1C(NN)C1CCCC(C)C1. The average molecular weight is 246 g/mol. The molecule has 1 aromatic rings. The van der Waals surface area contributed by atoms with Crippen LogP contribution in [-0.4, -0.2) is 0 Å². The van der Waals surface area contributed by atoms with Gasteiger partial charge in [-0.05, 0) is 55.2 Å². The highest BCUT2D eigenvalue weighted by Gasteiger charge is 2.28. The zero-order valence-electron chi connectivity index (χ0n) is 11.9. The summed E-state index contributed by atoms with van der Waals surface area (Å²) >= 11 is 0. The Morgan fingerprint density at radius 3 is 2.44 bits per heavy atom. The smallest absolute Gasteiger partial charge is 0.0493 e. The van der Waals surface area contributed by atoms with Crippen LogP contribution in [-0.2, 0) is 0 Å². The Bertz CT molecular complexity index is 380. The third-order valence-corrected chi connectivity index (χ3v) is 4.48. The molecule has 0 saturated heterocycles.